The Morgan fingerprint density at radius 3 is 3.04 bits per heavy atom. The molecule has 8 heteroatoms. The number of thioether (sulfide) groups is 1. The summed E-state index contributed by atoms with van der Waals surface area (Å²) in [5.74, 6) is 1.82. The molecule has 136 valence electrons. The van der Waals surface area contributed by atoms with Crippen LogP contribution in [0.5, 0.6) is 0 Å². The average molecular weight is 382 g/mol. The number of aromatic nitrogens is 2. The largest absolute Gasteiger partial charge is 0.394 e. The number of aliphatic hydroxyl groups excluding tert-OH is 1. The minimum absolute atomic E-state index is 0.0329. The van der Waals surface area contributed by atoms with E-state index in [1.165, 1.54) is 16.9 Å². The van der Waals surface area contributed by atoms with Gasteiger partial charge >= 0.3 is 0 Å². The van der Waals surface area contributed by atoms with Gasteiger partial charge < -0.3 is 15.4 Å². The molecule has 1 amide bonds. The predicted molar refractivity (Wildman–Crippen MR) is 102 cm³/mol. The maximum absolute atomic E-state index is 12.4. The second-order valence-electron chi connectivity index (χ2n) is 6.36. The molecule has 2 aromatic heterocycles. The van der Waals surface area contributed by atoms with Crippen LogP contribution in [-0.2, 0) is 23.4 Å². The highest BCUT2D eigenvalue weighted by atomic mass is 32.2. The van der Waals surface area contributed by atoms with Crippen LogP contribution in [0, 0.1) is 0 Å². The van der Waals surface area contributed by atoms with Gasteiger partial charge in [-0.1, -0.05) is 0 Å². The van der Waals surface area contributed by atoms with E-state index in [1.54, 1.807) is 30.0 Å². The first-order valence-corrected chi connectivity index (χ1v) is 10.6. The van der Waals surface area contributed by atoms with Crippen LogP contribution >= 0.6 is 23.1 Å². The van der Waals surface area contributed by atoms with Crippen molar-refractivity contribution in [2.75, 3.05) is 12.4 Å². The normalized spacial score (nSPS) is 15.1. The number of rotatable bonds is 7. The SMILES string of the molecule is C[C@@H](CO)NC(=O)CCSCc1nc2sc3c(c2c(=O)[nH]1)CCCC3. The summed E-state index contributed by atoms with van der Waals surface area (Å²) in [5.41, 5.74) is 1.17. The Morgan fingerprint density at radius 1 is 1.44 bits per heavy atom. The number of aliphatic hydroxyl groups is 1. The van der Waals surface area contributed by atoms with Gasteiger partial charge in [0.25, 0.3) is 5.56 Å². The summed E-state index contributed by atoms with van der Waals surface area (Å²) in [4.78, 5) is 33.8. The van der Waals surface area contributed by atoms with Crippen molar-refractivity contribution in [1.82, 2.24) is 15.3 Å². The Hall–Kier alpha value is -1.38. The molecule has 0 unspecified atom stereocenters. The molecule has 1 aliphatic carbocycles. The highest BCUT2D eigenvalue weighted by Crippen LogP contribution is 2.33. The van der Waals surface area contributed by atoms with E-state index in [0.717, 1.165) is 29.5 Å². The number of fused-ring (bicyclic) bond motifs is 3. The van der Waals surface area contributed by atoms with E-state index in [2.05, 4.69) is 15.3 Å². The number of nitrogens with zero attached hydrogens (tertiary/aromatic N) is 1. The summed E-state index contributed by atoms with van der Waals surface area (Å²) in [7, 11) is 0. The number of nitrogens with one attached hydrogen (secondary N) is 2. The summed E-state index contributed by atoms with van der Waals surface area (Å²) in [6, 6.07) is -0.220. The lowest BCUT2D eigenvalue weighted by molar-refractivity contribution is -0.121. The van der Waals surface area contributed by atoms with Crippen LogP contribution in [0.2, 0.25) is 0 Å². The van der Waals surface area contributed by atoms with E-state index in [1.807, 2.05) is 0 Å². The first-order valence-electron chi connectivity index (χ1n) is 8.60. The van der Waals surface area contributed by atoms with Gasteiger partial charge in [0.2, 0.25) is 5.91 Å². The monoisotopic (exact) mass is 381 g/mol. The number of thiophene rings is 1. The van der Waals surface area contributed by atoms with Crippen LogP contribution in [0.25, 0.3) is 10.2 Å². The number of carbonyl (C=O) groups excluding carboxylic acids is 1. The minimum Gasteiger partial charge on any atom is -0.394 e. The molecule has 2 heterocycles. The van der Waals surface area contributed by atoms with Crippen LogP contribution < -0.4 is 10.9 Å². The van der Waals surface area contributed by atoms with Gasteiger partial charge in [-0.15, -0.1) is 11.3 Å². The van der Waals surface area contributed by atoms with E-state index in [-0.39, 0.29) is 24.1 Å². The molecule has 25 heavy (non-hydrogen) atoms. The molecule has 0 aliphatic heterocycles. The van der Waals surface area contributed by atoms with Crippen LogP contribution in [0.15, 0.2) is 4.79 Å². The van der Waals surface area contributed by atoms with Crippen LogP contribution in [0.1, 0.15) is 42.5 Å². The van der Waals surface area contributed by atoms with E-state index in [0.29, 0.717) is 23.8 Å². The van der Waals surface area contributed by atoms with Crippen molar-refractivity contribution in [2.45, 2.75) is 50.8 Å². The Balaban J connectivity index is 1.59. The molecular formula is C17H23N3O3S2. The van der Waals surface area contributed by atoms with Gasteiger partial charge in [-0.3, -0.25) is 9.59 Å². The fraction of sp³-hybridized carbons (Fsp3) is 0.588. The first kappa shape index (κ1) is 18.4. The lowest BCUT2D eigenvalue weighted by Gasteiger charge is -2.10. The summed E-state index contributed by atoms with van der Waals surface area (Å²) in [6.07, 6.45) is 4.76. The lowest BCUT2D eigenvalue weighted by Crippen LogP contribution is -2.35. The number of hydrogen-bond acceptors (Lipinski definition) is 6. The molecule has 0 aromatic carbocycles. The standard InChI is InChI=1S/C17H23N3O3S2/c1-10(8-21)18-14(22)6-7-24-9-13-19-16(23)15-11-4-2-3-5-12(11)25-17(15)20-13/h10,21H,2-9H2,1H3,(H,18,22)(H,19,20,23)/t10-/m0/s1. The minimum atomic E-state index is -0.220. The Morgan fingerprint density at radius 2 is 2.24 bits per heavy atom. The molecule has 2 aromatic rings. The molecule has 1 aliphatic rings. The second-order valence-corrected chi connectivity index (χ2v) is 8.55. The molecule has 3 rings (SSSR count). The third-order valence-corrected chi connectivity index (χ3v) is 6.42. The van der Waals surface area contributed by atoms with E-state index < -0.39 is 0 Å². The summed E-state index contributed by atoms with van der Waals surface area (Å²) in [6.45, 7) is 1.70. The zero-order chi connectivity index (χ0) is 17.8. The molecule has 0 fully saturated rings. The quantitative estimate of drug-likeness (QED) is 0.638. The van der Waals surface area contributed by atoms with Crippen LogP contribution in [0.4, 0.5) is 0 Å². The van der Waals surface area contributed by atoms with E-state index in [9.17, 15) is 9.59 Å². The Bertz CT molecular complexity index is 815. The molecule has 3 N–H and O–H groups in total. The van der Waals surface area contributed by atoms with Crippen molar-refractivity contribution in [3.63, 3.8) is 0 Å². The zero-order valence-corrected chi connectivity index (χ0v) is 15.9. The number of H-pyrrole nitrogens is 1. The highest BCUT2D eigenvalue weighted by molar-refractivity contribution is 7.98. The number of amides is 1. The maximum Gasteiger partial charge on any atom is 0.259 e. The second kappa shape index (κ2) is 8.33. The summed E-state index contributed by atoms with van der Waals surface area (Å²) in [5, 5.41) is 12.4. The van der Waals surface area contributed by atoms with Gasteiger partial charge in [0, 0.05) is 23.1 Å². The van der Waals surface area contributed by atoms with E-state index >= 15 is 0 Å². The van der Waals surface area contributed by atoms with Gasteiger partial charge in [-0.25, -0.2) is 4.98 Å². The van der Waals surface area contributed by atoms with Crippen molar-refractivity contribution in [1.29, 1.82) is 0 Å². The molecule has 0 radical (unpaired) electrons. The number of aromatic amines is 1. The van der Waals surface area contributed by atoms with Gasteiger partial charge in [0.05, 0.1) is 17.7 Å². The fourth-order valence-electron chi connectivity index (χ4n) is 3.00. The van der Waals surface area contributed by atoms with Gasteiger partial charge in [-0.05, 0) is 38.2 Å². The van der Waals surface area contributed by atoms with Gasteiger partial charge in [0.1, 0.15) is 10.7 Å². The molecule has 6 nitrogen and oxygen atoms in total. The molecule has 0 bridgehead atoms. The summed E-state index contributed by atoms with van der Waals surface area (Å²) >= 11 is 3.22. The van der Waals surface area contributed by atoms with Crippen molar-refractivity contribution < 1.29 is 9.90 Å². The third-order valence-electron chi connectivity index (χ3n) is 4.27. The fourth-order valence-corrected chi connectivity index (χ4v) is 5.09. The zero-order valence-electron chi connectivity index (χ0n) is 14.3. The topological polar surface area (TPSA) is 95.1 Å². The smallest absolute Gasteiger partial charge is 0.259 e. The molecule has 0 spiro atoms. The Kier molecular flexibility index (Phi) is 6.14. The van der Waals surface area contributed by atoms with E-state index in [4.69, 9.17) is 5.11 Å². The van der Waals surface area contributed by atoms with Crippen molar-refractivity contribution in [2.24, 2.45) is 0 Å². The first-order chi connectivity index (χ1) is 12.1. The van der Waals surface area contributed by atoms with Gasteiger partial charge in [-0.2, -0.15) is 11.8 Å². The maximum atomic E-state index is 12.4. The summed E-state index contributed by atoms with van der Waals surface area (Å²) < 4.78 is 0. The van der Waals surface area contributed by atoms with Crippen LogP contribution in [-0.4, -0.2) is 39.4 Å². The van der Waals surface area contributed by atoms with Crippen molar-refractivity contribution in [3.8, 4) is 0 Å². The third kappa shape index (κ3) is 4.43. The molecule has 0 saturated carbocycles. The lowest BCUT2D eigenvalue weighted by atomic mass is 9.97. The average Bonchev–Trinajstić information content (AvgIpc) is 2.97. The molecule has 1 atom stereocenters. The van der Waals surface area contributed by atoms with Gasteiger partial charge in [0.15, 0.2) is 0 Å². The van der Waals surface area contributed by atoms with Crippen molar-refractivity contribution in [3.05, 3.63) is 26.6 Å². The van der Waals surface area contributed by atoms with Crippen molar-refractivity contribution >= 4 is 39.2 Å². The molecule has 0 saturated heterocycles. The number of aryl methyl sites for hydroxylation is 2. The number of carbonyl (C=O) groups is 1. The predicted octanol–water partition coefficient (Wildman–Crippen LogP) is 1.98. The molecular weight excluding hydrogens is 358 g/mol. The Labute approximate surface area is 154 Å². The highest BCUT2D eigenvalue weighted by Gasteiger charge is 2.19. The number of hydrogen-bond donors (Lipinski definition) is 3. The van der Waals surface area contributed by atoms with Crippen LogP contribution in [0.3, 0.4) is 0 Å².